The lowest BCUT2D eigenvalue weighted by molar-refractivity contribution is -0.140. The summed E-state index contributed by atoms with van der Waals surface area (Å²) in [4.78, 5) is 11.1. The molecule has 2 N–H and O–H groups in total. The number of para-hydroxylation sites is 1. The van der Waals surface area contributed by atoms with Crippen molar-refractivity contribution in [1.29, 1.82) is 0 Å². The zero-order valence-corrected chi connectivity index (χ0v) is 13.0. The van der Waals surface area contributed by atoms with Crippen LogP contribution in [-0.4, -0.2) is 31.3 Å². The van der Waals surface area contributed by atoms with Gasteiger partial charge in [0.05, 0.1) is 14.2 Å². The Hall–Kier alpha value is -1.46. The van der Waals surface area contributed by atoms with Gasteiger partial charge in [-0.2, -0.15) is 0 Å². The minimum absolute atomic E-state index is 0. The van der Waals surface area contributed by atoms with E-state index < -0.39 is 12.0 Å². The number of hydrogen-bond donors (Lipinski definition) is 2. The van der Waals surface area contributed by atoms with Crippen molar-refractivity contribution in [2.45, 2.75) is 26.4 Å². The van der Waals surface area contributed by atoms with E-state index in [9.17, 15) is 4.79 Å². The molecule has 0 heterocycles. The molecular weight excluding hydrogens is 282 g/mol. The molecule has 20 heavy (non-hydrogen) atoms. The van der Waals surface area contributed by atoms with Crippen molar-refractivity contribution < 1.29 is 19.4 Å². The highest BCUT2D eigenvalue weighted by Crippen LogP contribution is 2.30. The molecule has 0 bridgehead atoms. The molecule has 1 unspecified atom stereocenters. The molecule has 1 atom stereocenters. The molecule has 0 radical (unpaired) electrons. The summed E-state index contributed by atoms with van der Waals surface area (Å²) in [6.07, 6.45) is 0. The number of carboxylic acid groups (broad SMARTS) is 1. The third kappa shape index (κ3) is 4.58. The van der Waals surface area contributed by atoms with Crippen LogP contribution in [0, 0.1) is 5.92 Å². The maximum atomic E-state index is 11.1. The van der Waals surface area contributed by atoms with Crippen molar-refractivity contribution in [3.05, 3.63) is 23.8 Å². The van der Waals surface area contributed by atoms with Gasteiger partial charge in [-0.3, -0.25) is 10.1 Å². The molecule has 0 aromatic heterocycles. The van der Waals surface area contributed by atoms with Gasteiger partial charge in [0.25, 0.3) is 0 Å². The normalized spacial score (nSPS) is 11.7. The van der Waals surface area contributed by atoms with Crippen LogP contribution in [-0.2, 0) is 11.3 Å². The fraction of sp³-hybridized carbons (Fsp3) is 0.500. The Kier molecular flexibility index (Phi) is 8.03. The van der Waals surface area contributed by atoms with E-state index >= 15 is 0 Å². The molecule has 0 aliphatic heterocycles. The smallest absolute Gasteiger partial charge is 0.320 e. The van der Waals surface area contributed by atoms with Crippen LogP contribution in [0.5, 0.6) is 11.5 Å². The van der Waals surface area contributed by atoms with Gasteiger partial charge in [0.15, 0.2) is 11.5 Å². The third-order valence-corrected chi connectivity index (χ3v) is 2.93. The first kappa shape index (κ1) is 18.5. The summed E-state index contributed by atoms with van der Waals surface area (Å²) >= 11 is 0. The number of rotatable bonds is 7. The second kappa shape index (κ2) is 8.66. The Labute approximate surface area is 125 Å². The molecule has 1 rings (SSSR count). The number of hydrogen-bond acceptors (Lipinski definition) is 4. The molecule has 0 amide bonds. The van der Waals surface area contributed by atoms with Crippen molar-refractivity contribution in [2.24, 2.45) is 5.92 Å². The molecule has 1 aromatic carbocycles. The van der Waals surface area contributed by atoms with Crippen molar-refractivity contribution >= 4 is 18.4 Å². The lowest BCUT2D eigenvalue weighted by Crippen LogP contribution is -2.40. The van der Waals surface area contributed by atoms with Gasteiger partial charge in [-0.05, 0) is 12.0 Å². The van der Waals surface area contributed by atoms with Crippen LogP contribution < -0.4 is 14.8 Å². The number of carbonyl (C=O) groups is 1. The fourth-order valence-electron chi connectivity index (χ4n) is 1.92. The second-order valence-corrected chi connectivity index (χ2v) is 4.59. The molecule has 5 nitrogen and oxygen atoms in total. The molecule has 0 aliphatic carbocycles. The lowest BCUT2D eigenvalue weighted by atomic mass is 10.0. The summed E-state index contributed by atoms with van der Waals surface area (Å²) in [5.41, 5.74) is 0.869. The van der Waals surface area contributed by atoms with E-state index in [1.54, 1.807) is 20.3 Å². The summed E-state index contributed by atoms with van der Waals surface area (Å²) < 4.78 is 10.5. The minimum atomic E-state index is -0.850. The third-order valence-electron chi connectivity index (χ3n) is 2.93. The molecule has 0 saturated carbocycles. The Morgan fingerprint density at radius 3 is 2.40 bits per heavy atom. The summed E-state index contributed by atoms with van der Waals surface area (Å²) in [5, 5.41) is 12.2. The average molecular weight is 304 g/mol. The second-order valence-electron chi connectivity index (χ2n) is 4.59. The quantitative estimate of drug-likeness (QED) is 0.809. The van der Waals surface area contributed by atoms with Crippen LogP contribution in [0.25, 0.3) is 0 Å². The van der Waals surface area contributed by atoms with Crippen LogP contribution in [0.1, 0.15) is 19.4 Å². The summed E-state index contributed by atoms with van der Waals surface area (Å²) in [6, 6.07) is 4.95. The Morgan fingerprint density at radius 1 is 1.30 bits per heavy atom. The van der Waals surface area contributed by atoms with Gasteiger partial charge >= 0.3 is 5.97 Å². The SMILES string of the molecule is COc1cccc(CNC(C(=O)O)C(C)C)c1OC.Cl. The number of nitrogens with one attached hydrogen (secondary N) is 1. The topological polar surface area (TPSA) is 67.8 Å². The first-order valence-corrected chi connectivity index (χ1v) is 6.17. The van der Waals surface area contributed by atoms with Crippen molar-refractivity contribution in [2.75, 3.05) is 14.2 Å². The summed E-state index contributed by atoms with van der Waals surface area (Å²) in [6.45, 7) is 4.15. The van der Waals surface area contributed by atoms with E-state index in [0.29, 0.717) is 18.0 Å². The minimum Gasteiger partial charge on any atom is -0.493 e. The van der Waals surface area contributed by atoms with E-state index in [1.165, 1.54) is 0 Å². The van der Waals surface area contributed by atoms with Crippen LogP contribution in [0.4, 0.5) is 0 Å². The molecule has 6 heteroatoms. The molecule has 0 aliphatic rings. The van der Waals surface area contributed by atoms with Gasteiger partial charge in [0, 0.05) is 12.1 Å². The molecule has 0 saturated heterocycles. The number of carboxylic acids is 1. The van der Waals surface area contributed by atoms with Crippen molar-refractivity contribution in [3.63, 3.8) is 0 Å². The monoisotopic (exact) mass is 303 g/mol. The molecular formula is C14H22ClNO4. The van der Waals surface area contributed by atoms with Gasteiger partial charge in [0.1, 0.15) is 6.04 Å². The first-order valence-electron chi connectivity index (χ1n) is 6.17. The maximum Gasteiger partial charge on any atom is 0.320 e. The van der Waals surface area contributed by atoms with Crippen LogP contribution in [0.15, 0.2) is 18.2 Å². The van der Waals surface area contributed by atoms with Gasteiger partial charge in [0.2, 0.25) is 0 Å². The molecule has 0 fully saturated rings. The predicted molar refractivity (Wildman–Crippen MR) is 79.9 cm³/mol. The van der Waals surface area contributed by atoms with Crippen molar-refractivity contribution in [3.8, 4) is 11.5 Å². The Balaban J connectivity index is 0.00000361. The van der Waals surface area contributed by atoms with Gasteiger partial charge < -0.3 is 14.6 Å². The summed E-state index contributed by atoms with van der Waals surface area (Å²) in [7, 11) is 3.14. The van der Waals surface area contributed by atoms with E-state index in [2.05, 4.69) is 5.32 Å². The van der Waals surface area contributed by atoms with Gasteiger partial charge in [-0.15, -0.1) is 12.4 Å². The van der Waals surface area contributed by atoms with E-state index in [-0.39, 0.29) is 18.3 Å². The number of ether oxygens (including phenoxy) is 2. The summed E-state index contributed by atoms with van der Waals surface area (Å²) in [5.74, 6) is 0.426. The van der Waals surface area contributed by atoms with Crippen LogP contribution >= 0.6 is 12.4 Å². The predicted octanol–water partition coefficient (Wildman–Crippen LogP) is 2.32. The zero-order valence-electron chi connectivity index (χ0n) is 12.2. The van der Waals surface area contributed by atoms with Gasteiger partial charge in [-0.1, -0.05) is 26.0 Å². The van der Waals surface area contributed by atoms with E-state index in [1.807, 2.05) is 26.0 Å². The number of benzene rings is 1. The fourth-order valence-corrected chi connectivity index (χ4v) is 1.92. The van der Waals surface area contributed by atoms with Crippen LogP contribution in [0.3, 0.4) is 0 Å². The standard InChI is InChI=1S/C14H21NO4.ClH/c1-9(2)12(14(16)17)15-8-10-6-5-7-11(18-3)13(10)19-4;/h5-7,9,12,15H,8H2,1-4H3,(H,16,17);1H. The molecule has 0 spiro atoms. The number of methoxy groups -OCH3 is 2. The lowest BCUT2D eigenvalue weighted by Gasteiger charge is -2.19. The Morgan fingerprint density at radius 2 is 1.95 bits per heavy atom. The Bertz CT molecular complexity index is 437. The van der Waals surface area contributed by atoms with E-state index in [4.69, 9.17) is 14.6 Å². The number of aliphatic carboxylic acids is 1. The van der Waals surface area contributed by atoms with Crippen molar-refractivity contribution in [1.82, 2.24) is 5.32 Å². The van der Waals surface area contributed by atoms with E-state index in [0.717, 1.165) is 5.56 Å². The zero-order chi connectivity index (χ0) is 14.4. The highest BCUT2D eigenvalue weighted by Gasteiger charge is 2.21. The van der Waals surface area contributed by atoms with Gasteiger partial charge in [-0.25, -0.2) is 0 Å². The first-order chi connectivity index (χ1) is 9.01. The highest BCUT2D eigenvalue weighted by atomic mass is 35.5. The maximum absolute atomic E-state index is 11.1. The molecule has 114 valence electrons. The van der Waals surface area contributed by atoms with Crippen LogP contribution in [0.2, 0.25) is 0 Å². The number of halogens is 1. The molecule has 1 aromatic rings. The highest BCUT2D eigenvalue weighted by molar-refractivity contribution is 5.85. The average Bonchev–Trinajstić information content (AvgIpc) is 2.37. The largest absolute Gasteiger partial charge is 0.493 e.